The summed E-state index contributed by atoms with van der Waals surface area (Å²) >= 11 is 0. The second-order valence-corrected chi connectivity index (χ2v) is 7.22. The minimum atomic E-state index is -3.79. The number of non-ortho nitro benzene ring substituents is 1. The smallest absolute Gasteiger partial charge is 0.271 e. The average molecular weight is 363 g/mol. The molecule has 0 atom stereocenters. The van der Waals surface area contributed by atoms with Crippen LogP contribution in [0.4, 0.5) is 11.4 Å². The summed E-state index contributed by atoms with van der Waals surface area (Å²) in [4.78, 5) is 22.4. The van der Waals surface area contributed by atoms with Gasteiger partial charge < -0.3 is 5.32 Å². The summed E-state index contributed by atoms with van der Waals surface area (Å²) in [6, 6.07) is 14.3. The standard InChI is InChI=1S/C16H17N3O5S/c1-25(23,24)18(14-8-5-9-15(10-14)19(21)22)12-16(20)17-11-13-6-3-2-4-7-13/h2-10H,11-12H2,1H3,(H,17,20). The van der Waals surface area contributed by atoms with Crippen LogP contribution < -0.4 is 9.62 Å². The van der Waals surface area contributed by atoms with Crippen molar-refractivity contribution in [3.63, 3.8) is 0 Å². The second kappa shape index (κ2) is 7.75. The zero-order valence-electron chi connectivity index (χ0n) is 13.5. The number of nitro benzene ring substituents is 1. The Kier molecular flexibility index (Phi) is 5.71. The van der Waals surface area contributed by atoms with Gasteiger partial charge in [-0.25, -0.2) is 8.42 Å². The summed E-state index contributed by atoms with van der Waals surface area (Å²) < 4.78 is 24.8. The predicted octanol–water partition coefficient (Wildman–Crippen LogP) is 1.68. The number of amides is 1. The summed E-state index contributed by atoms with van der Waals surface area (Å²) in [6.45, 7) is -0.209. The van der Waals surface area contributed by atoms with E-state index >= 15 is 0 Å². The van der Waals surface area contributed by atoms with E-state index in [-0.39, 0.29) is 17.9 Å². The van der Waals surface area contributed by atoms with Crippen LogP contribution in [0.15, 0.2) is 54.6 Å². The van der Waals surface area contributed by atoms with Crippen molar-refractivity contribution in [1.29, 1.82) is 0 Å². The highest BCUT2D eigenvalue weighted by Gasteiger charge is 2.22. The molecule has 0 saturated carbocycles. The van der Waals surface area contributed by atoms with E-state index in [1.54, 1.807) is 0 Å². The molecule has 0 heterocycles. The van der Waals surface area contributed by atoms with Gasteiger partial charge in [0.15, 0.2) is 0 Å². The summed E-state index contributed by atoms with van der Waals surface area (Å²) in [6.07, 6.45) is 0.941. The van der Waals surface area contributed by atoms with Crippen molar-refractivity contribution in [2.45, 2.75) is 6.54 Å². The third-order valence-electron chi connectivity index (χ3n) is 3.35. The Hall–Kier alpha value is -2.94. The molecule has 8 nitrogen and oxygen atoms in total. The van der Waals surface area contributed by atoms with Crippen molar-refractivity contribution >= 4 is 27.3 Å². The lowest BCUT2D eigenvalue weighted by Crippen LogP contribution is -2.40. The van der Waals surface area contributed by atoms with Crippen molar-refractivity contribution in [1.82, 2.24) is 5.32 Å². The van der Waals surface area contributed by atoms with Gasteiger partial charge >= 0.3 is 0 Å². The molecule has 0 aliphatic heterocycles. The number of benzene rings is 2. The van der Waals surface area contributed by atoms with Gasteiger partial charge in [0.1, 0.15) is 6.54 Å². The maximum absolute atomic E-state index is 12.1. The summed E-state index contributed by atoms with van der Waals surface area (Å²) in [5, 5.41) is 13.5. The molecule has 1 amide bonds. The zero-order chi connectivity index (χ0) is 18.4. The van der Waals surface area contributed by atoms with Gasteiger partial charge in [0.2, 0.25) is 15.9 Å². The average Bonchev–Trinajstić information content (AvgIpc) is 2.58. The molecule has 2 rings (SSSR count). The van der Waals surface area contributed by atoms with Crippen LogP contribution in [0.3, 0.4) is 0 Å². The van der Waals surface area contributed by atoms with Gasteiger partial charge in [-0.3, -0.25) is 19.2 Å². The number of carbonyl (C=O) groups excluding carboxylic acids is 1. The molecule has 25 heavy (non-hydrogen) atoms. The van der Waals surface area contributed by atoms with Crippen LogP contribution in [0, 0.1) is 10.1 Å². The minimum absolute atomic E-state index is 0.0616. The number of sulfonamides is 1. The normalized spacial score (nSPS) is 10.9. The maximum atomic E-state index is 12.1. The highest BCUT2D eigenvalue weighted by Crippen LogP contribution is 2.22. The van der Waals surface area contributed by atoms with Crippen molar-refractivity contribution < 1.29 is 18.1 Å². The first kappa shape index (κ1) is 18.4. The number of anilines is 1. The van der Waals surface area contributed by atoms with Gasteiger partial charge in [-0.2, -0.15) is 0 Å². The van der Waals surface area contributed by atoms with Gasteiger partial charge in [-0.05, 0) is 11.6 Å². The molecule has 0 fully saturated rings. The maximum Gasteiger partial charge on any atom is 0.271 e. The third kappa shape index (κ3) is 5.28. The molecular formula is C16H17N3O5S. The Morgan fingerprint density at radius 2 is 1.84 bits per heavy atom. The fourth-order valence-electron chi connectivity index (χ4n) is 2.14. The fraction of sp³-hybridized carbons (Fsp3) is 0.188. The van der Waals surface area contributed by atoms with Gasteiger partial charge in [0.25, 0.3) is 5.69 Å². The summed E-state index contributed by atoms with van der Waals surface area (Å²) in [5.41, 5.74) is 0.680. The molecular weight excluding hydrogens is 346 g/mol. The monoisotopic (exact) mass is 363 g/mol. The van der Waals surface area contributed by atoms with Crippen LogP contribution >= 0.6 is 0 Å². The molecule has 0 saturated heterocycles. The molecule has 0 aliphatic carbocycles. The molecule has 132 valence electrons. The Bertz CT molecular complexity index is 868. The van der Waals surface area contributed by atoms with E-state index in [0.29, 0.717) is 0 Å². The molecule has 2 aromatic carbocycles. The largest absolute Gasteiger partial charge is 0.350 e. The van der Waals surface area contributed by atoms with E-state index < -0.39 is 27.4 Å². The minimum Gasteiger partial charge on any atom is -0.350 e. The number of carbonyl (C=O) groups is 1. The van der Waals surface area contributed by atoms with Gasteiger partial charge in [0.05, 0.1) is 16.9 Å². The van der Waals surface area contributed by atoms with Crippen molar-refractivity contribution in [3.05, 3.63) is 70.3 Å². The van der Waals surface area contributed by atoms with Crippen LogP contribution in [0.25, 0.3) is 0 Å². The van der Waals surface area contributed by atoms with Gasteiger partial charge in [0, 0.05) is 18.7 Å². The molecule has 9 heteroatoms. The number of rotatable bonds is 7. The highest BCUT2D eigenvalue weighted by atomic mass is 32.2. The molecule has 0 aromatic heterocycles. The lowest BCUT2D eigenvalue weighted by atomic mass is 10.2. The Morgan fingerprint density at radius 3 is 2.44 bits per heavy atom. The van der Waals surface area contributed by atoms with E-state index in [1.165, 1.54) is 18.2 Å². The summed E-state index contributed by atoms with van der Waals surface area (Å²) in [7, 11) is -3.79. The van der Waals surface area contributed by atoms with E-state index in [1.807, 2.05) is 30.3 Å². The van der Waals surface area contributed by atoms with Crippen LogP contribution in [-0.4, -0.2) is 32.0 Å². The first-order valence-electron chi connectivity index (χ1n) is 7.30. The quantitative estimate of drug-likeness (QED) is 0.594. The first-order chi connectivity index (χ1) is 11.8. The van der Waals surface area contributed by atoms with E-state index in [2.05, 4.69) is 5.32 Å². The lowest BCUT2D eigenvalue weighted by molar-refractivity contribution is -0.384. The lowest BCUT2D eigenvalue weighted by Gasteiger charge is -2.21. The van der Waals surface area contributed by atoms with E-state index in [0.717, 1.165) is 22.2 Å². The zero-order valence-corrected chi connectivity index (χ0v) is 14.3. The van der Waals surface area contributed by atoms with Gasteiger partial charge in [-0.1, -0.05) is 36.4 Å². The number of nitrogens with zero attached hydrogens (tertiary/aromatic N) is 2. The number of hydrogen-bond donors (Lipinski definition) is 1. The highest BCUT2D eigenvalue weighted by molar-refractivity contribution is 7.92. The summed E-state index contributed by atoms with van der Waals surface area (Å²) in [5.74, 6) is -0.513. The van der Waals surface area contributed by atoms with Crippen LogP contribution in [0.1, 0.15) is 5.56 Å². The van der Waals surface area contributed by atoms with Crippen LogP contribution in [0.5, 0.6) is 0 Å². The van der Waals surface area contributed by atoms with Crippen LogP contribution in [0.2, 0.25) is 0 Å². The van der Waals surface area contributed by atoms with Gasteiger partial charge in [-0.15, -0.1) is 0 Å². The first-order valence-corrected chi connectivity index (χ1v) is 9.15. The molecule has 0 aliphatic rings. The molecule has 2 aromatic rings. The Balaban J connectivity index is 2.14. The molecule has 1 N–H and O–H groups in total. The van der Waals surface area contributed by atoms with Crippen LogP contribution in [-0.2, 0) is 21.4 Å². The molecule has 0 bridgehead atoms. The third-order valence-corrected chi connectivity index (χ3v) is 4.49. The molecule has 0 radical (unpaired) electrons. The van der Waals surface area contributed by atoms with Crippen molar-refractivity contribution in [2.24, 2.45) is 0 Å². The fourth-order valence-corrected chi connectivity index (χ4v) is 2.99. The van der Waals surface area contributed by atoms with E-state index in [9.17, 15) is 23.3 Å². The number of nitro groups is 1. The number of hydrogen-bond acceptors (Lipinski definition) is 5. The predicted molar refractivity (Wildman–Crippen MR) is 93.6 cm³/mol. The second-order valence-electron chi connectivity index (χ2n) is 5.31. The van der Waals surface area contributed by atoms with Crippen molar-refractivity contribution in [2.75, 3.05) is 17.1 Å². The topological polar surface area (TPSA) is 110 Å². The SMILES string of the molecule is CS(=O)(=O)N(CC(=O)NCc1ccccc1)c1cccc([N+](=O)[O-])c1. The molecule has 0 spiro atoms. The van der Waals surface area contributed by atoms with E-state index in [4.69, 9.17) is 0 Å². The number of nitrogens with one attached hydrogen (secondary N) is 1. The Labute approximate surface area is 145 Å². The van der Waals surface area contributed by atoms with Crippen molar-refractivity contribution in [3.8, 4) is 0 Å². The molecule has 0 unspecified atom stereocenters. The Morgan fingerprint density at radius 1 is 1.16 bits per heavy atom.